The highest BCUT2D eigenvalue weighted by atomic mass is 32.1. The summed E-state index contributed by atoms with van der Waals surface area (Å²) < 4.78 is 7.38. The highest BCUT2D eigenvalue weighted by molar-refractivity contribution is 7.12. The van der Waals surface area contributed by atoms with Crippen LogP contribution in [0.25, 0.3) is 0 Å². The number of thiophene rings is 1. The van der Waals surface area contributed by atoms with E-state index < -0.39 is 0 Å². The SMILES string of the molecule is CNC(c1cc2c(s1)CCCCC2)c1c(OC)cnn1C. The van der Waals surface area contributed by atoms with E-state index in [1.54, 1.807) is 23.7 Å². The summed E-state index contributed by atoms with van der Waals surface area (Å²) in [5.41, 5.74) is 2.64. The molecule has 1 unspecified atom stereocenters. The fourth-order valence-electron chi connectivity index (χ4n) is 3.16. The van der Waals surface area contributed by atoms with Crippen LogP contribution in [0, 0.1) is 0 Å². The third-order valence-corrected chi connectivity index (χ3v) is 5.58. The van der Waals surface area contributed by atoms with Crippen molar-refractivity contribution >= 4 is 11.3 Å². The van der Waals surface area contributed by atoms with Crippen LogP contribution < -0.4 is 10.1 Å². The lowest BCUT2D eigenvalue weighted by Crippen LogP contribution is -2.20. The van der Waals surface area contributed by atoms with Gasteiger partial charge >= 0.3 is 0 Å². The van der Waals surface area contributed by atoms with E-state index in [2.05, 4.69) is 16.5 Å². The zero-order valence-corrected chi connectivity index (χ0v) is 13.8. The molecule has 0 fully saturated rings. The van der Waals surface area contributed by atoms with Crippen molar-refractivity contribution < 1.29 is 4.74 Å². The lowest BCUT2D eigenvalue weighted by molar-refractivity contribution is 0.403. The summed E-state index contributed by atoms with van der Waals surface area (Å²) in [6.45, 7) is 0. The van der Waals surface area contributed by atoms with Gasteiger partial charge in [0.2, 0.25) is 0 Å². The Hall–Kier alpha value is -1.33. The third-order valence-electron chi connectivity index (χ3n) is 4.28. The summed E-state index contributed by atoms with van der Waals surface area (Å²) in [6, 6.07) is 2.53. The molecular weight excluding hydrogens is 282 g/mol. The van der Waals surface area contributed by atoms with Gasteiger partial charge in [-0.15, -0.1) is 11.3 Å². The second kappa shape index (κ2) is 6.20. The molecule has 0 spiro atoms. The minimum absolute atomic E-state index is 0.143. The minimum Gasteiger partial charge on any atom is -0.493 e. The molecule has 2 heterocycles. The molecule has 0 aromatic carbocycles. The number of ether oxygens (including phenoxy) is 1. The van der Waals surface area contributed by atoms with Gasteiger partial charge in [-0.2, -0.15) is 5.10 Å². The highest BCUT2D eigenvalue weighted by Gasteiger charge is 2.24. The Bertz CT molecular complexity index is 594. The number of aryl methyl sites for hydroxylation is 3. The van der Waals surface area contributed by atoms with Gasteiger partial charge in [0.15, 0.2) is 5.75 Å². The van der Waals surface area contributed by atoms with Crippen molar-refractivity contribution in [2.75, 3.05) is 14.2 Å². The van der Waals surface area contributed by atoms with Crippen LogP contribution >= 0.6 is 11.3 Å². The number of hydrogen-bond acceptors (Lipinski definition) is 4. The minimum atomic E-state index is 0.143. The first-order valence-corrected chi connectivity index (χ1v) is 8.41. The van der Waals surface area contributed by atoms with Gasteiger partial charge in [0.25, 0.3) is 0 Å². The van der Waals surface area contributed by atoms with E-state index in [1.165, 1.54) is 37.0 Å². The smallest absolute Gasteiger partial charge is 0.161 e. The highest BCUT2D eigenvalue weighted by Crippen LogP contribution is 2.37. The second-order valence-corrected chi connectivity index (χ2v) is 6.77. The Balaban J connectivity index is 1.98. The van der Waals surface area contributed by atoms with Crippen molar-refractivity contribution in [3.63, 3.8) is 0 Å². The van der Waals surface area contributed by atoms with Gasteiger partial charge in [0.05, 0.1) is 19.3 Å². The van der Waals surface area contributed by atoms with Gasteiger partial charge < -0.3 is 10.1 Å². The number of fused-ring (bicyclic) bond motifs is 1. The molecule has 3 rings (SSSR count). The van der Waals surface area contributed by atoms with Crippen molar-refractivity contribution in [3.05, 3.63) is 33.3 Å². The fourth-order valence-corrected chi connectivity index (χ4v) is 4.53. The Morgan fingerprint density at radius 1 is 1.33 bits per heavy atom. The van der Waals surface area contributed by atoms with Crippen molar-refractivity contribution in [1.29, 1.82) is 0 Å². The molecule has 0 saturated carbocycles. The van der Waals surface area contributed by atoms with E-state index in [1.807, 2.05) is 30.1 Å². The maximum absolute atomic E-state index is 5.47. The van der Waals surface area contributed by atoms with Crippen LogP contribution in [-0.4, -0.2) is 23.9 Å². The fraction of sp³-hybridized carbons (Fsp3) is 0.562. The van der Waals surface area contributed by atoms with Gasteiger partial charge in [-0.1, -0.05) is 6.42 Å². The Labute approximate surface area is 130 Å². The number of nitrogens with one attached hydrogen (secondary N) is 1. The first-order valence-electron chi connectivity index (χ1n) is 7.59. The van der Waals surface area contributed by atoms with Crippen LogP contribution in [0.3, 0.4) is 0 Å². The maximum atomic E-state index is 5.47. The van der Waals surface area contributed by atoms with Crippen LogP contribution in [0.2, 0.25) is 0 Å². The van der Waals surface area contributed by atoms with Gasteiger partial charge in [-0.05, 0) is 44.4 Å². The maximum Gasteiger partial charge on any atom is 0.161 e. The summed E-state index contributed by atoms with van der Waals surface area (Å²) >= 11 is 1.95. The summed E-state index contributed by atoms with van der Waals surface area (Å²) in [4.78, 5) is 2.94. The third kappa shape index (κ3) is 2.72. The first kappa shape index (κ1) is 14.6. The standard InChI is InChI=1S/C16H23N3OS/c1-17-15(16-12(20-3)10-18-19(16)2)14-9-11-7-5-4-6-8-13(11)21-14/h9-10,15,17H,4-8H2,1-3H3. The van der Waals surface area contributed by atoms with Crippen LogP contribution in [0.1, 0.15) is 46.3 Å². The summed E-state index contributed by atoms with van der Waals surface area (Å²) in [5.74, 6) is 0.848. The van der Waals surface area contributed by atoms with Crippen molar-refractivity contribution in [2.24, 2.45) is 7.05 Å². The molecule has 21 heavy (non-hydrogen) atoms. The normalized spacial score (nSPS) is 16.3. The average molecular weight is 305 g/mol. The number of hydrogen-bond donors (Lipinski definition) is 1. The molecule has 2 aromatic heterocycles. The zero-order chi connectivity index (χ0) is 14.8. The van der Waals surface area contributed by atoms with E-state index in [4.69, 9.17) is 4.74 Å². The second-order valence-electron chi connectivity index (χ2n) is 5.60. The molecule has 0 aliphatic heterocycles. The van der Waals surface area contributed by atoms with E-state index in [-0.39, 0.29) is 6.04 Å². The van der Waals surface area contributed by atoms with Crippen LogP contribution in [0.5, 0.6) is 5.75 Å². The van der Waals surface area contributed by atoms with E-state index in [0.717, 1.165) is 11.4 Å². The molecule has 2 aromatic rings. The Morgan fingerprint density at radius 3 is 2.90 bits per heavy atom. The summed E-state index contributed by atoms with van der Waals surface area (Å²) in [6.07, 6.45) is 8.26. The van der Waals surface area contributed by atoms with Crippen LogP contribution in [0.15, 0.2) is 12.3 Å². The summed E-state index contributed by atoms with van der Waals surface area (Å²) in [5, 5.41) is 7.77. The monoisotopic (exact) mass is 305 g/mol. The lowest BCUT2D eigenvalue weighted by atomic mass is 10.1. The number of methoxy groups -OCH3 is 1. The number of nitrogens with zero attached hydrogens (tertiary/aromatic N) is 2. The topological polar surface area (TPSA) is 39.1 Å². The predicted octanol–water partition coefficient (Wildman–Crippen LogP) is 3.07. The number of aromatic nitrogens is 2. The van der Waals surface area contributed by atoms with Crippen molar-refractivity contribution in [2.45, 2.75) is 38.1 Å². The largest absolute Gasteiger partial charge is 0.493 e. The van der Waals surface area contributed by atoms with Crippen molar-refractivity contribution in [1.82, 2.24) is 15.1 Å². The lowest BCUT2D eigenvalue weighted by Gasteiger charge is -2.16. The Morgan fingerprint density at radius 2 is 2.14 bits per heavy atom. The van der Waals surface area contributed by atoms with Gasteiger partial charge in [0.1, 0.15) is 5.69 Å². The van der Waals surface area contributed by atoms with Gasteiger partial charge in [-0.3, -0.25) is 4.68 Å². The molecule has 4 nitrogen and oxygen atoms in total. The Kier molecular flexibility index (Phi) is 4.31. The summed E-state index contributed by atoms with van der Waals surface area (Å²) in [7, 11) is 5.68. The van der Waals surface area contributed by atoms with Crippen molar-refractivity contribution in [3.8, 4) is 5.75 Å². The average Bonchev–Trinajstić information content (AvgIpc) is 2.98. The van der Waals surface area contributed by atoms with Crippen LogP contribution in [-0.2, 0) is 19.9 Å². The molecule has 0 saturated heterocycles. The van der Waals surface area contributed by atoms with Crippen LogP contribution in [0.4, 0.5) is 0 Å². The molecule has 114 valence electrons. The molecule has 0 bridgehead atoms. The van der Waals surface area contributed by atoms with Gasteiger partial charge in [0, 0.05) is 16.8 Å². The first-order chi connectivity index (χ1) is 10.2. The van der Waals surface area contributed by atoms with E-state index in [0.29, 0.717) is 0 Å². The molecular formula is C16H23N3OS. The zero-order valence-electron chi connectivity index (χ0n) is 13.0. The van der Waals surface area contributed by atoms with E-state index in [9.17, 15) is 0 Å². The van der Waals surface area contributed by atoms with E-state index >= 15 is 0 Å². The quantitative estimate of drug-likeness (QED) is 0.882. The molecule has 0 radical (unpaired) electrons. The molecule has 1 aliphatic rings. The van der Waals surface area contributed by atoms with Gasteiger partial charge in [-0.25, -0.2) is 0 Å². The molecule has 1 aliphatic carbocycles. The predicted molar refractivity (Wildman–Crippen MR) is 86.2 cm³/mol. The molecule has 5 heteroatoms. The molecule has 1 atom stereocenters. The number of rotatable bonds is 4. The molecule has 0 amide bonds. The molecule has 1 N–H and O–H groups in total.